The predicted molar refractivity (Wildman–Crippen MR) is 57.8 cm³/mol. The molecular formula is C10H8BrF3O4. The Bertz CT molecular complexity index is 473. The van der Waals surface area contributed by atoms with Crippen LogP contribution >= 0.6 is 15.9 Å². The number of carbonyl (C=O) groups excluding carboxylic acids is 1. The van der Waals surface area contributed by atoms with Crippen molar-refractivity contribution in [3.8, 4) is 5.75 Å². The zero-order valence-electron chi connectivity index (χ0n) is 8.95. The number of esters is 1. The molecular weight excluding hydrogens is 321 g/mol. The minimum absolute atomic E-state index is 0.0365. The first-order chi connectivity index (χ1) is 8.18. The van der Waals surface area contributed by atoms with Gasteiger partial charge in [-0.2, -0.15) is 13.2 Å². The number of aromatic hydroxyl groups is 1. The Balaban J connectivity index is 3.38. The minimum atomic E-state index is -4.81. The number of aliphatic hydroxyl groups excluding tert-OH is 1. The van der Waals surface area contributed by atoms with Gasteiger partial charge in [-0.15, -0.1) is 0 Å². The van der Waals surface area contributed by atoms with E-state index in [-0.39, 0.29) is 4.47 Å². The van der Waals surface area contributed by atoms with Crippen LogP contribution in [0.4, 0.5) is 13.2 Å². The van der Waals surface area contributed by atoms with Gasteiger partial charge >= 0.3 is 12.1 Å². The number of ether oxygens (including phenoxy) is 1. The lowest BCUT2D eigenvalue weighted by Gasteiger charge is -2.16. The van der Waals surface area contributed by atoms with Crippen LogP contribution in [0.2, 0.25) is 0 Å². The van der Waals surface area contributed by atoms with Crippen molar-refractivity contribution in [1.82, 2.24) is 0 Å². The van der Waals surface area contributed by atoms with Gasteiger partial charge < -0.3 is 14.9 Å². The van der Waals surface area contributed by atoms with Crippen LogP contribution in [0, 0.1) is 0 Å². The van der Waals surface area contributed by atoms with E-state index in [4.69, 9.17) is 0 Å². The third-order valence-corrected chi connectivity index (χ3v) is 2.59. The number of benzene rings is 1. The van der Waals surface area contributed by atoms with Crippen LogP contribution in [0.25, 0.3) is 0 Å². The van der Waals surface area contributed by atoms with Gasteiger partial charge in [0.25, 0.3) is 0 Å². The average Bonchev–Trinajstić information content (AvgIpc) is 2.28. The van der Waals surface area contributed by atoms with E-state index in [9.17, 15) is 28.2 Å². The van der Waals surface area contributed by atoms with E-state index < -0.39 is 35.1 Å². The molecule has 1 rings (SSSR count). The Morgan fingerprint density at radius 3 is 2.44 bits per heavy atom. The molecule has 2 N–H and O–H groups in total. The molecule has 1 aromatic rings. The topological polar surface area (TPSA) is 66.8 Å². The Kier molecular flexibility index (Phi) is 4.23. The van der Waals surface area contributed by atoms with Gasteiger partial charge in [-0.25, -0.2) is 4.79 Å². The average molecular weight is 329 g/mol. The lowest BCUT2D eigenvalue weighted by atomic mass is 10.0. The Labute approximate surface area is 108 Å². The molecule has 0 heterocycles. The second kappa shape index (κ2) is 5.15. The zero-order valence-corrected chi connectivity index (χ0v) is 10.5. The van der Waals surface area contributed by atoms with Gasteiger partial charge in [0, 0.05) is 10.0 Å². The highest BCUT2D eigenvalue weighted by molar-refractivity contribution is 9.10. The minimum Gasteiger partial charge on any atom is -0.507 e. The van der Waals surface area contributed by atoms with E-state index in [2.05, 4.69) is 20.7 Å². The Hall–Kier alpha value is -1.28. The molecule has 1 unspecified atom stereocenters. The normalized spacial score (nSPS) is 13.2. The highest BCUT2D eigenvalue weighted by Crippen LogP contribution is 2.41. The summed E-state index contributed by atoms with van der Waals surface area (Å²) in [6.45, 7) is 0. The second-order valence-electron chi connectivity index (χ2n) is 3.31. The lowest BCUT2D eigenvalue weighted by Crippen LogP contribution is -2.15. The SMILES string of the molecule is COC(=O)C(O)c1cc(Br)cc(C(F)(F)F)c1O. The highest BCUT2D eigenvalue weighted by atomic mass is 79.9. The maximum atomic E-state index is 12.6. The van der Waals surface area contributed by atoms with Gasteiger partial charge in [0.05, 0.1) is 12.7 Å². The summed E-state index contributed by atoms with van der Waals surface area (Å²) in [7, 11) is 0.964. The van der Waals surface area contributed by atoms with Crippen molar-refractivity contribution in [3.63, 3.8) is 0 Å². The summed E-state index contributed by atoms with van der Waals surface area (Å²) in [5, 5.41) is 18.9. The number of carbonyl (C=O) groups is 1. The molecule has 0 amide bonds. The molecule has 0 fully saturated rings. The molecule has 0 aliphatic heterocycles. The number of methoxy groups -OCH3 is 1. The quantitative estimate of drug-likeness (QED) is 0.818. The van der Waals surface area contributed by atoms with Crippen molar-refractivity contribution >= 4 is 21.9 Å². The molecule has 1 aromatic carbocycles. The first-order valence-corrected chi connectivity index (χ1v) is 5.33. The van der Waals surface area contributed by atoms with Crippen molar-refractivity contribution in [2.75, 3.05) is 7.11 Å². The summed E-state index contributed by atoms with van der Waals surface area (Å²) < 4.78 is 41.9. The van der Waals surface area contributed by atoms with Crippen molar-refractivity contribution in [2.45, 2.75) is 12.3 Å². The van der Waals surface area contributed by atoms with E-state index in [1.54, 1.807) is 0 Å². The van der Waals surface area contributed by atoms with Crippen LogP contribution in [0.3, 0.4) is 0 Å². The number of hydrogen-bond acceptors (Lipinski definition) is 4. The summed E-state index contributed by atoms with van der Waals surface area (Å²) in [6.07, 6.45) is -6.80. The predicted octanol–water partition coefficient (Wildman–Crippen LogP) is 2.38. The first-order valence-electron chi connectivity index (χ1n) is 4.54. The standard InChI is InChI=1S/C10H8BrF3O4/c1-18-9(17)8(16)5-2-4(11)3-6(7(5)15)10(12,13)14/h2-3,8,15-16H,1H3. The summed E-state index contributed by atoms with van der Waals surface area (Å²) in [5.41, 5.74) is -1.93. The fourth-order valence-electron chi connectivity index (χ4n) is 1.28. The molecule has 100 valence electrons. The number of phenols is 1. The van der Waals surface area contributed by atoms with Crippen molar-refractivity contribution < 1.29 is 32.9 Å². The number of alkyl halides is 3. The molecule has 0 saturated carbocycles. The maximum Gasteiger partial charge on any atom is 0.420 e. The molecule has 0 aromatic heterocycles. The van der Waals surface area contributed by atoms with Gasteiger partial charge in [0.1, 0.15) is 5.75 Å². The molecule has 0 aliphatic rings. The van der Waals surface area contributed by atoms with Crippen LogP contribution < -0.4 is 0 Å². The number of phenolic OH excluding ortho intramolecular Hbond substituents is 1. The monoisotopic (exact) mass is 328 g/mol. The van der Waals surface area contributed by atoms with E-state index in [1.165, 1.54) is 0 Å². The summed E-state index contributed by atoms with van der Waals surface area (Å²) in [5.74, 6) is -2.37. The van der Waals surface area contributed by atoms with E-state index in [1.807, 2.05) is 0 Å². The van der Waals surface area contributed by atoms with E-state index in [0.717, 1.165) is 13.2 Å². The van der Waals surface area contributed by atoms with E-state index in [0.29, 0.717) is 6.07 Å². The smallest absolute Gasteiger partial charge is 0.420 e. The van der Waals surface area contributed by atoms with Gasteiger partial charge in [0.2, 0.25) is 0 Å². The van der Waals surface area contributed by atoms with Gasteiger partial charge in [-0.1, -0.05) is 15.9 Å². The molecule has 0 spiro atoms. The molecule has 0 aliphatic carbocycles. The van der Waals surface area contributed by atoms with Crippen LogP contribution in [-0.4, -0.2) is 23.3 Å². The number of halogens is 4. The summed E-state index contributed by atoms with van der Waals surface area (Å²) in [6, 6.07) is 1.65. The fraction of sp³-hybridized carbons (Fsp3) is 0.300. The number of rotatable bonds is 2. The Morgan fingerprint density at radius 2 is 2.00 bits per heavy atom. The summed E-state index contributed by atoms with van der Waals surface area (Å²) >= 11 is 2.80. The van der Waals surface area contributed by atoms with Crippen LogP contribution in [0.5, 0.6) is 5.75 Å². The third kappa shape index (κ3) is 2.94. The summed E-state index contributed by atoms with van der Waals surface area (Å²) in [4.78, 5) is 11.1. The van der Waals surface area contributed by atoms with Gasteiger partial charge in [0.15, 0.2) is 6.10 Å². The van der Waals surface area contributed by atoms with Crippen molar-refractivity contribution in [2.24, 2.45) is 0 Å². The number of aliphatic hydroxyl groups is 1. The van der Waals surface area contributed by atoms with Crippen LogP contribution in [0.1, 0.15) is 17.2 Å². The fourth-order valence-corrected chi connectivity index (χ4v) is 1.76. The molecule has 1 atom stereocenters. The molecule has 0 radical (unpaired) electrons. The highest BCUT2D eigenvalue weighted by Gasteiger charge is 2.37. The van der Waals surface area contributed by atoms with Crippen LogP contribution in [-0.2, 0) is 15.7 Å². The molecule has 4 nitrogen and oxygen atoms in total. The van der Waals surface area contributed by atoms with E-state index >= 15 is 0 Å². The Morgan fingerprint density at radius 1 is 1.44 bits per heavy atom. The molecule has 8 heteroatoms. The molecule has 18 heavy (non-hydrogen) atoms. The first kappa shape index (κ1) is 14.8. The third-order valence-electron chi connectivity index (χ3n) is 2.13. The van der Waals surface area contributed by atoms with Crippen LogP contribution in [0.15, 0.2) is 16.6 Å². The second-order valence-corrected chi connectivity index (χ2v) is 4.23. The largest absolute Gasteiger partial charge is 0.507 e. The van der Waals surface area contributed by atoms with Gasteiger partial charge in [-0.05, 0) is 12.1 Å². The zero-order chi connectivity index (χ0) is 14.1. The molecule has 0 saturated heterocycles. The van der Waals surface area contributed by atoms with Gasteiger partial charge in [-0.3, -0.25) is 0 Å². The maximum absolute atomic E-state index is 12.6. The molecule has 0 bridgehead atoms. The lowest BCUT2D eigenvalue weighted by molar-refractivity contribution is -0.151. The van der Waals surface area contributed by atoms with Crippen molar-refractivity contribution in [3.05, 3.63) is 27.7 Å². The number of hydrogen-bond donors (Lipinski definition) is 2. The van der Waals surface area contributed by atoms with Crippen molar-refractivity contribution in [1.29, 1.82) is 0 Å².